The minimum atomic E-state index is -4.97. The van der Waals surface area contributed by atoms with Crippen LogP contribution in [0, 0.1) is 5.92 Å². The predicted octanol–water partition coefficient (Wildman–Crippen LogP) is 22.8. The highest BCUT2D eigenvalue weighted by atomic mass is 31.2. The number of phosphoric ester groups is 2. The van der Waals surface area contributed by atoms with Crippen molar-refractivity contribution in [2.75, 3.05) is 39.6 Å². The Kier molecular flexibility index (Phi) is 68.8. The van der Waals surface area contributed by atoms with Gasteiger partial charge in [0.05, 0.1) is 26.4 Å². The van der Waals surface area contributed by atoms with Crippen molar-refractivity contribution in [2.24, 2.45) is 5.92 Å². The predicted molar refractivity (Wildman–Crippen MR) is 395 cm³/mol. The molecule has 5 atom stereocenters. The van der Waals surface area contributed by atoms with Gasteiger partial charge < -0.3 is 33.8 Å². The molecule has 17 nitrogen and oxygen atoms in total. The normalized spacial score (nSPS) is 14.1. The number of ether oxygens (including phenoxy) is 4. The SMILES string of the molecule is CCCCCC/C=C\C=C/CCCCCCCC(=O)OC[C@H](COP(=O)(O)OC[C@@H](O)COP(=O)(O)OC[C@@H](COC(=O)CCCCCCCCCCCCCC)OC(=O)CCCCCCCCCCCCCCCC)OC(=O)CCCCCCCCCCCCCCCC(C)C. The van der Waals surface area contributed by atoms with Gasteiger partial charge in [0.25, 0.3) is 0 Å². The molecule has 0 rings (SSSR count). The number of rotatable bonds is 76. The fraction of sp³-hybridized carbons (Fsp3) is 0.897. The standard InChI is InChI=1S/C78H148O17P2/c1-6-9-12-15-18-21-24-27-29-33-37-42-47-52-57-62-76(81)89-68-74(95-78(83)64-59-54-49-44-39-34-30-31-35-40-45-50-55-60-71(4)5)70-93-97(86,87)91-66-72(79)65-90-96(84,85)92-69-73(67-88-75(80)61-56-51-46-41-36-26-23-20-17-14-11-8-3)94-77(82)63-58-53-48-43-38-32-28-25-22-19-16-13-10-7-2/h21,24,27,29,71-74,79H,6-20,22-23,25-26,28,30-70H2,1-5H3,(H,84,85)(H,86,87)/b24-21-,29-27-/t72-,73+,74+/m0/s1. The van der Waals surface area contributed by atoms with E-state index in [1.54, 1.807) is 0 Å². The molecule has 0 aromatic carbocycles. The van der Waals surface area contributed by atoms with Crippen LogP contribution >= 0.6 is 15.6 Å². The first-order valence-electron chi connectivity index (χ1n) is 40.0. The number of aliphatic hydroxyl groups is 1. The lowest BCUT2D eigenvalue weighted by Crippen LogP contribution is -2.30. The molecule has 0 heterocycles. The van der Waals surface area contributed by atoms with E-state index in [9.17, 15) is 43.2 Å². The van der Waals surface area contributed by atoms with Crippen LogP contribution < -0.4 is 0 Å². The summed E-state index contributed by atoms with van der Waals surface area (Å²) in [5, 5.41) is 10.6. The number of hydrogen-bond donors (Lipinski definition) is 3. The maximum absolute atomic E-state index is 13.1. The maximum Gasteiger partial charge on any atom is 0.472 e. The highest BCUT2D eigenvalue weighted by Crippen LogP contribution is 2.45. The van der Waals surface area contributed by atoms with E-state index < -0.39 is 97.5 Å². The van der Waals surface area contributed by atoms with E-state index in [2.05, 4.69) is 58.9 Å². The molecule has 19 heteroatoms. The van der Waals surface area contributed by atoms with Crippen LogP contribution in [-0.4, -0.2) is 96.7 Å². The molecule has 0 bridgehead atoms. The first-order valence-corrected chi connectivity index (χ1v) is 42.9. The third kappa shape index (κ3) is 71.7. The molecule has 0 saturated heterocycles. The minimum absolute atomic E-state index is 0.101. The van der Waals surface area contributed by atoms with Gasteiger partial charge in [0, 0.05) is 25.7 Å². The van der Waals surface area contributed by atoms with Gasteiger partial charge in [0.2, 0.25) is 0 Å². The fourth-order valence-electron chi connectivity index (χ4n) is 11.5. The fourth-order valence-corrected chi connectivity index (χ4v) is 13.1. The molecule has 0 amide bonds. The second kappa shape index (κ2) is 70.6. The molecule has 0 spiro atoms. The van der Waals surface area contributed by atoms with E-state index in [0.29, 0.717) is 25.7 Å². The smallest absolute Gasteiger partial charge is 0.462 e. The lowest BCUT2D eigenvalue weighted by atomic mass is 10.0. The largest absolute Gasteiger partial charge is 0.472 e. The van der Waals surface area contributed by atoms with Gasteiger partial charge in [-0.25, -0.2) is 9.13 Å². The molecular formula is C78H148O17P2. The molecule has 0 fully saturated rings. The first kappa shape index (κ1) is 94.5. The van der Waals surface area contributed by atoms with Crippen LogP contribution in [0.5, 0.6) is 0 Å². The van der Waals surface area contributed by atoms with Gasteiger partial charge in [0.1, 0.15) is 19.3 Å². The Morgan fingerprint density at radius 1 is 0.320 bits per heavy atom. The maximum atomic E-state index is 13.1. The summed E-state index contributed by atoms with van der Waals surface area (Å²) in [7, 11) is -9.93. The number of hydrogen-bond acceptors (Lipinski definition) is 15. The summed E-state index contributed by atoms with van der Waals surface area (Å²) < 4.78 is 68.6. The topological polar surface area (TPSA) is 237 Å². The Morgan fingerprint density at radius 3 is 0.845 bits per heavy atom. The Bertz CT molecular complexity index is 1950. The van der Waals surface area contributed by atoms with Gasteiger partial charge >= 0.3 is 39.5 Å². The van der Waals surface area contributed by atoms with Crippen LogP contribution in [0.2, 0.25) is 0 Å². The monoisotopic (exact) mass is 1420 g/mol. The third-order valence-electron chi connectivity index (χ3n) is 17.7. The van der Waals surface area contributed by atoms with Crippen LogP contribution in [0.15, 0.2) is 24.3 Å². The van der Waals surface area contributed by atoms with Gasteiger partial charge in [-0.1, -0.05) is 335 Å². The van der Waals surface area contributed by atoms with Crippen LogP contribution in [0.25, 0.3) is 0 Å². The molecule has 3 N–H and O–H groups in total. The number of esters is 4. The highest BCUT2D eigenvalue weighted by Gasteiger charge is 2.30. The molecule has 2 unspecified atom stereocenters. The molecule has 0 radical (unpaired) electrons. The quantitative estimate of drug-likeness (QED) is 0.0169. The average molecular weight is 1420 g/mol. The van der Waals surface area contributed by atoms with Crippen molar-refractivity contribution >= 4 is 39.5 Å². The van der Waals surface area contributed by atoms with Gasteiger partial charge in [-0.15, -0.1) is 0 Å². The zero-order chi connectivity index (χ0) is 71.2. The lowest BCUT2D eigenvalue weighted by Gasteiger charge is -2.21. The third-order valence-corrected chi connectivity index (χ3v) is 19.6. The van der Waals surface area contributed by atoms with Crippen LogP contribution in [-0.2, 0) is 65.4 Å². The van der Waals surface area contributed by atoms with Gasteiger partial charge in [0.15, 0.2) is 12.2 Å². The van der Waals surface area contributed by atoms with E-state index in [1.807, 2.05) is 0 Å². The van der Waals surface area contributed by atoms with Crippen molar-refractivity contribution in [3.8, 4) is 0 Å². The first-order chi connectivity index (χ1) is 47.0. The summed E-state index contributed by atoms with van der Waals surface area (Å²) in [5.41, 5.74) is 0. The van der Waals surface area contributed by atoms with E-state index in [-0.39, 0.29) is 25.7 Å². The zero-order valence-electron chi connectivity index (χ0n) is 62.7. The Labute approximate surface area is 592 Å². The number of carbonyl (C=O) groups excluding carboxylic acids is 4. The summed E-state index contributed by atoms with van der Waals surface area (Å²) >= 11 is 0. The Hall–Kier alpha value is -2.46. The van der Waals surface area contributed by atoms with Crippen molar-refractivity contribution in [3.05, 3.63) is 24.3 Å². The van der Waals surface area contributed by atoms with Crippen molar-refractivity contribution in [2.45, 2.75) is 406 Å². The number of aliphatic hydroxyl groups excluding tert-OH is 1. The molecule has 97 heavy (non-hydrogen) atoms. The van der Waals surface area contributed by atoms with Crippen LogP contribution in [0.3, 0.4) is 0 Å². The van der Waals surface area contributed by atoms with Crippen LogP contribution in [0.1, 0.15) is 388 Å². The molecule has 0 aliphatic heterocycles. The molecule has 0 aliphatic carbocycles. The van der Waals surface area contributed by atoms with Crippen LogP contribution in [0.4, 0.5) is 0 Å². The second-order valence-corrected chi connectivity index (χ2v) is 30.8. The molecular weight excluding hydrogens is 1270 g/mol. The van der Waals surface area contributed by atoms with Gasteiger partial charge in [-0.2, -0.15) is 0 Å². The number of unbranched alkanes of at least 4 members (excludes halogenated alkanes) is 45. The molecule has 0 aromatic rings. The van der Waals surface area contributed by atoms with Crippen molar-refractivity contribution in [1.82, 2.24) is 0 Å². The van der Waals surface area contributed by atoms with Crippen molar-refractivity contribution in [3.63, 3.8) is 0 Å². The molecule has 0 saturated carbocycles. The minimum Gasteiger partial charge on any atom is -0.462 e. The van der Waals surface area contributed by atoms with E-state index >= 15 is 0 Å². The Morgan fingerprint density at radius 2 is 0.557 bits per heavy atom. The number of phosphoric acid groups is 2. The molecule has 0 aliphatic rings. The summed E-state index contributed by atoms with van der Waals surface area (Å²) in [6.07, 6.45) is 63.0. The number of carbonyl (C=O) groups is 4. The van der Waals surface area contributed by atoms with Gasteiger partial charge in [-0.05, 0) is 57.3 Å². The van der Waals surface area contributed by atoms with E-state index in [0.717, 1.165) is 115 Å². The number of allylic oxidation sites excluding steroid dienone is 4. The van der Waals surface area contributed by atoms with Crippen molar-refractivity contribution < 1.29 is 80.2 Å². The highest BCUT2D eigenvalue weighted by molar-refractivity contribution is 7.47. The zero-order valence-corrected chi connectivity index (χ0v) is 64.5. The summed E-state index contributed by atoms with van der Waals surface area (Å²) in [4.78, 5) is 72.9. The average Bonchev–Trinajstić information content (AvgIpc) is 1.52. The van der Waals surface area contributed by atoms with E-state index in [1.165, 1.54) is 193 Å². The summed E-state index contributed by atoms with van der Waals surface area (Å²) in [6.45, 7) is 7.26. The summed E-state index contributed by atoms with van der Waals surface area (Å²) in [6, 6.07) is 0. The van der Waals surface area contributed by atoms with Gasteiger partial charge in [-0.3, -0.25) is 37.3 Å². The lowest BCUT2D eigenvalue weighted by molar-refractivity contribution is -0.161. The van der Waals surface area contributed by atoms with E-state index in [4.69, 9.17) is 37.0 Å². The molecule has 0 aromatic heterocycles. The summed E-state index contributed by atoms with van der Waals surface area (Å²) in [5.74, 6) is -1.35. The second-order valence-electron chi connectivity index (χ2n) is 27.9. The molecule has 572 valence electrons. The van der Waals surface area contributed by atoms with Crippen molar-refractivity contribution in [1.29, 1.82) is 0 Å². The Balaban J connectivity index is 5.30.